The van der Waals surface area contributed by atoms with E-state index in [2.05, 4.69) is 15.2 Å². The Kier molecular flexibility index (Phi) is 4.81. The Morgan fingerprint density at radius 1 is 1.00 bits per heavy atom. The standard InChI is InChI=1S/C19H14FN3OS2/c1-12(17-22-23-18(24-17)14-7-9-15(20)10-8-14)26-19-21-16(11-25-19)13-5-3-2-4-6-13/h2-12H,1H3/t12-/m1/s1. The fourth-order valence-corrected chi connectivity index (χ4v) is 4.36. The van der Waals surface area contributed by atoms with Crippen molar-refractivity contribution in [1.82, 2.24) is 15.2 Å². The fourth-order valence-electron chi connectivity index (χ4n) is 2.36. The van der Waals surface area contributed by atoms with Crippen LogP contribution in [0.3, 0.4) is 0 Å². The van der Waals surface area contributed by atoms with Gasteiger partial charge in [-0.3, -0.25) is 0 Å². The first-order chi connectivity index (χ1) is 12.7. The Bertz CT molecular complexity index is 999. The normalized spacial score (nSPS) is 12.2. The Balaban J connectivity index is 1.48. The summed E-state index contributed by atoms with van der Waals surface area (Å²) in [5.41, 5.74) is 2.76. The molecule has 26 heavy (non-hydrogen) atoms. The highest BCUT2D eigenvalue weighted by Gasteiger charge is 2.18. The zero-order chi connectivity index (χ0) is 17.9. The van der Waals surface area contributed by atoms with E-state index < -0.39 is 0 Å². The first kappa shape index (κ1) is 16.9. The average Bonchev–Trinajstić information content (AvgIpc) is 3.33. The Labute approximate surface area is 158 Å². The van der Waals surface area contributed by atoms with E-state index >= 15 is 0 Å². The van der Waals surface area contributed by atoms with Gasteiger partial charge in [-0.2, -0.15) is 0 Å². The van der Waals surface area contributed by atoms with E-state index in [0.717, 1.165) is 15.6 Å². The number of rotatable bonds is 5. The molecule has 0 fully saturated rings. The summed E-state index contributed by atoms with van der Waals surface area (Å²) in [5.74, 6) is 0.609. The number of hydrogen-bond donors (Lipinski definition) is 0. The lowest BCUT2D eigenvalue weighted by Gasteiger charge is -2.03. The molecule has 0 saturated carbocycles. The SMILES string of the molecule is C[C@@H](Sc1nc(-c2ccccc2)cs1)c1nnc(-c2ccc(F)cc2)o1. The van der Waals surface area contributed by atoms with Crippen molar-refractivity contribution in [3.8, 4) is 22.7 Å². The minimum absolute atomic E-state index is 0.0357. The van der Waals surface area contributed by atoms with Crippen molar-refractivity contribution >= 4 is 23.1 Å². The molecule has 130 valence electrons. The molecule has 1 atom stereocenters. The summed E-state index contributed by atoms with van der Waals surface area (Å²) in [5, 5.41) is 10.2. The molecule has 2 aromatic carbocycles. The summed E-state index contributed by atoms with van der Waals surface area (Å²) in [7, 11) is 0. The molecule has 0 radical (unpaired) electrons. The van der Waals surface area contributed by atoms with E-state index in [4.69, 9.17) is 4.42 Å². The molecular weight excluding hydrogens is 369 g/mol. The van der Waals surface area contributed by atoms with Gasteiger partial charge in [-0.25, -0.2) is 9.37 Å². The average molecular weight is 383 g/mol. The highest BCUT2D eigenvalue weighted by Crippen LogP contribution is 2.38. The molecule has 0 spiro atoms. The molecule has 0 bridgehead atoms. The third-order valence-electron chi connectivity index (χ3n) is 3.71. The van der Waals surface area contributed by atoms with Crippen molar-refractivity contribution in [1.29, 1.82) is 0 Å². The van der Waals surface area contributed by atoms with Crippen LogP contribution in [0.15, 0.2) is 68.7 Å². The quantitative estimate of drug-likeness (QED) is 0.405. The number of halogens is 1. The monoisotopic (exact) mass is 383 g/mol. The van der Waals surface area contributed by atoms with Gasteiger partial charge < -0.3 is 4.42 Å². The third kappa shape index (κ3) is 3.68. The van der Waals surface area contributed by atoms with Crippen molar-refractivity contribution in [2.75, 3.05) is 0 Å². The van der Waals surface area contributed by atoms with Gasteiger partial charge in [0.15, 0.2) is 4.34 Å². The maximum atomic E-state index is 13.0. The van der Waals surface area contributed by atoms with Crippen LogP contribution in [0, 0.1) is 5.82 Å². The van der Waals surface area contributed by atoms with Crippen LogP contribution in [0.25, 0.3) is 22.7 Å². The molecule has 4 nitrogen and oxygen atoms in total. The number of nitrogens with zero attached hydrogens (tertiary/aromatic N) is 3. The van der Waals surface area contributed by atoms with Crippen LogP contribution in [0.5, 0.6) is 0 Å². The predicted octanol–water partition coefficient (Wildman–Crippen LogP) is 5.85. The molecule has 0 aliphatic heterocycles. The van der Waals surface area contributed by atoms with Crippen molar-refractivity contribution in [2.45, 2.75) is 16.5 Å². The van der Waals surface area contributed by atoms with Gasteiger partial charge in [-0.15, -0.1) is 21.5 Å². The summed E-state index contributed by atoms with van der Waals surface area (Å²) in [6.07, 6.45) is 0. The molecule has 0 aliphatic rings. The van der Waals surface area contributed by atoms with Gasteiger partial charge in [0.05, 0.1) is 10.9 Å². The van der Waals surface area contributed by atoms with Crippen LogP contribution in [-0.4, -0.2) is 15.2 Å². The topological polar surface area (TPSA) is 51.8 Å². The number of thioether (sulfide) groups is 1. The molecule has 0 N–H and O–H groups in total. The van der Waals surface area contributed by atoms with Crippen LogP contribution < -0.4 is 0 Å². The highest BCUT2D eigenvalue weighted by molar-refractivity contribution is 8.01. The van der Waals surface area contributed by atoms with Crippen LogP contribution in [0.2, 0.25) is 0 Å². The molecule has 0 unspecified atom stereocenters. The molecule has 7 heteroatoms. The van der Waals surface area contributed by atoms with E-state index in [1.807, 2.05) is 42.6 Å². The van der Waals surface area contributed by atoms with Crippen LogP contribution in [0.1, 0.15) is 18.1 Å². The highest BCUT2D eigenvalue weighted by atomic mass is 32.2. The first-order valence-electron chi connectivity index (χ1n) is 7.96. The Morgan fingerprint density at radius 2 is 1.77 bits per heavy atom. The number of hydrogen-bond acceptors (Lipinski definition) is 6. The molecule has 0 aliphatic carbocycles. The molecular formula is C19H14FN3OS2. The largest absolute Gasteiger partial charge is 0.419 e. The lowest BCUT2D eigenvalue weighted by atomic mass is 10.2. The maximum Gasteiger partial charge on any atom is 0.247 e. The fraction of sp³-hybridized carbons (Fsp3) is 0.105. The van der Waals surface area contributed by atoms with Crippen molar-refractivity contribution < 1.29 is 8.81 Å². The Morgan fingerprint density at radius 3 is 2.54 bits per heavy atom. The van der Waals surface area contributed by atoms with Gasteiger partial charge in [0, 0.05) is 16.5 Å². The van der Waals surface area contributed by atoms with Gasteiger partial charge in [0.1, 0.15) is 5.82 Å². The summed E-state index contributed by atoms with van der Waals surface area (Å²) in [4.78, 5) is 4.67. The van der Waals surface area contributed by atoms with Crippen LogP contribution in [-0.2, 0) is 0 Å². The molecule has 4 aromatic rings. The van der Waals surface area contributed by atoms with Crippen molar-refractivity contribution in [3.63, 3.8) is 0 Å². The second-order valence-electron chi connectivity index (χ2n) is 5.58. The minimum atomic E-state index is -0.296. The summed E-state index contributed by atoms with van der Waals surface area (Å²) in [6.45, 7) is 2.00. The second-order valence-corrected chi connectivity index (χ2v) is 8.02. The van der Waals surface area contributed by atoms with E-state index in [1.165, 1.54) is 12.1 Å². The molecule has 0 saturated heterocycles. The van der Waals surface area contributed by atoms with Gasteiger partial charge in [0.25, 0.3) is 0 Å². The summed E-state index contributed by atoms with van der Waals surface area (Å²) >= 11 is 3.17. The predicted molar refractivity (Wildman–Crippen MR) is 102 cm³/mol. The smallest absolute Gasteiger partial charge is 0.247 e. The molecule has 0 amide bonds. The summed E-state index contributed by atoms with van der Waals surface area (Å²) in [6, 6.07) is 16.1. The zero-order valence-corrected chi connectivity index (χ0v) is 15.4. The minimum Gasteiger partial charge on any atom is -0.419 e. The van der Waals surface area contributed by atoms with Gasteiger partial charge in [-0.05, 0) is 31.2 Å². The maximum absolute atomic E-state index is 13.0. The number of thiazole rings is 1. The number of aromatic nitrogens is 3. The van der Waals surface area contributed by atoms with E-state index in [-0.39, 0.29) is 11.1 Å². The molecule has 2 heterocycles. The van der Waals surface area contributed by atoms with Gasteiger partial charge >= 0.3 is 0 Å². The van der Waals surface area contributed by atoms with Crippen LogP contribution >= 0.6 is 23.1 Å². The van der Waals surface area contributed by atoms with Crippen LogP contribution in [0.4, 0.5) is 4.39 Å². The lowest BCUT2D eigenvalue weighted by Crippen LogP contribution is -1.88. The Hall–Kier alpha value is -2.51. The third-order valence-corrected chi connectivity index (χ3v) is 5.77. The van der Waals surface area contributed by atoms with Crippen molar-refractivity contribution in [2.24, 2.45) is 0 Å². The first-order valence-corrected chi connectivity index (χ1v) is 9.72. The van der Waals surface area contributed by atoms with E-state index in [1.54, 1.807) is 35.2 Å². The van der Waals surface area contributed by atoms with E-state index in [0.29, 0.717) is 17.3 Å². The summed E-state index contributed by atoms with van der Waals surface area (Å²) < 4.78 is 19.7. The van der Waals surface area contributed by atoms with Crippen molar-refractivity contribution in [3.05, 3.63) is 71.7 Å². The van der Waals surface area contributed by atoms with E-state index in [9.17, 15) is 4.39 Å². The molecule has 2 aromatic heterocycles. The molecule has 4 rings (SSSR count). The second kappa shape index (κ2) is 7.39. The number of benzene rings is 2. The van der Waals surface area contributed by atoms with Gasteiger partial charge in [-0.1, -0.05) is 42.1 Å². The van der Waals surface area contributed by atoms with Gasteiger partial charge in [0.2, 0.25) is 11.8 Å². The lowest BCUT2D eigenvalue weighted by molar-refractivity contribution is 0.509. The zero-order valence-electron chi connectivity index (χ0n) is 13.8.